The minimum atomic E-state index is -0.169. The summed E-state index contributed by atoms with van der Waals surface area (Å²) in [5.41, 5.74) is 0.557. The molecule has 0 amide bonds. The smallest absolute Gasteiger partial charge is 0.180 e. The molecular formula is C18H14O3S. The van der Waals surface area contributed by atoms with E-state index in [1.165, 1.54) is 11.3 Å². The van der Waals surface area contributed by atoms with Crippen LogP contribution in [0.3, 0.4) is 0 Å². The van der Waals surface area contributed by atoms with Gasteiger partial charge in [0, 0.05) is 10.9 Å². The van der Waals surface area contributed by atoms with Gasteiger partial charge in [-0.3, -0.25) is 9.59 Å². The summed E-state index contributed by atoms with van der Waals surface area (Å²) in [6.07, 6.45) is -0.114. The lowest BCUT2D eigenvalue weighted by Gasteiger charge is -2.09. The zero-order chi connectivity index (χ0) is 15.5. The van der Waals surface area contributed by atoms with Gasteiger partial charge >= 0.3 is 0 Å². The second-order valence-corrected chi connectivity index (χ2v) is 5.81. The van der Waals surface area contributed by atoms with E-state index in [-0.39, 0.29) is 18.0 Å². The first-order chi connectivity index (χ1) is 10.7. The third-order valence-electron chi connectivity index (χ3n) is 3.52. The first-order valence-electron chi connectivity index (χ1n) is 6.86. The third kappa shape index (κ3) is 2.65. The molecule has 3 rings (SSSR count). The number of ether oxygens (including phenoxy) is 1. The van der Waals surface area contributed by atoms with Crippen molar-refractivity contribution in [1.82, 2.24) is 0 Å². The lowest BCUT2D eigenvalue weighted by molar-refractivity contribution is 0.0897. The summed E-state index contributed by atoms with van der Waals surface area (Å²) >= 11 is 1.36. The van der Waals surface area contributed by atoms with Gasteiger partial charge in [0.25, 0.3) is 0 Å². The fourth-order valence-electron chi connectivity index (χ4n) is 2.46. The number of fused-ring (bicyclic) bond motifs is 1. The third-order valence-corrected chi connectivity index (χ3v) is 4.43. The number of carbonyl (C=O) groups excluding carboxylic acids is 2. The van der Waals surface area contributed by atoms with Crippen LogP contribution in [0.5, 0.6) is 5.75 Å². The van der Waals surface area contributed by atoms with Crippen molar-refractivity contribution in [2.75, 3.05) is 7.11 Å². The standard InChI is InChI=1S/C18H14O3S/c1-21-17-9-8-13(12-5-2-3-6-14(12)17)15(19)11-16(20)18-7-4-10-22-18/h2-10H,11H2,1H3. The molecule has 0 radical (unpaired) electrons. The molecule has 0 fully saturated rings. The van der Waals surface area contributed by atoms with Gasteiger partial charge in [-0.25, -0.2) is 0 Å². The number of hydrogen-bond acceptors (Lipinski definition) is 4. The minimum Gasteiger partial charge on any atom is -0.496 e. The Morgan fingerprint density at radius 1 is 0.955 bits per heavy atom. The van der Waals surface area contributed by atoms with Gasteiger partial charge in [0.2, 0.25) is 0 Å². The van der Waals surface area contributed by atoms with Crippen molar-refractivity contribution in [2.24, 2.45) is 0 Å². The Hall–Kier alpha value is -2.46. The van der Waals surface area contributed by atoms with Gasteiger partial charge in [-0.05, 0) is 29.0 Å². The monoisotopic (exact) mass is 310 g/mol. The number of Topliss-reactive ketones (excluding diaryl/α,β-unsaturated/α-hetero) is 2. The van der Waals surface area contributed by atoms with E-state index in [4.69, 9.17) is 4.74 Å². The summed E-state index contributed by atoms with van der Waals surface area (Å²) in [5.74, 6) is 0.411. The van der Waals surface area contributed by atoms with E-state index in [0.29, 0.717) is 10.4 Å². The van der Waals surface area contributed by atoms with Crippen LogP contribution < -0.4 is 4.74 Å². The molecule has 0 spiro atoms. The molecule has 3 nitrogen and oxygen atoms in total. The number of carbonyl (C=O) groups is 2. The summed E-state index contributed by atoms with van der Waals surface area (Å²) in [6, 6.07) is 14.6. The molecule has 1 aromatic heterocycles. The summed E-state index contributed by atoms with van der Waals surface area (Å²) in [7, 11) is 1.60. The van der Waals surface area contributed by atoms with Gasteiger partial charge in [0.15, 0.2) is 11.6 Å². The number of rotatable bonds is 5. The van der Waals surface area contributed by atoms with Crippen LogP contribution in [0.25, 0.3) is 10.8 Å². The van der Waals surface area contributed by atoms with Gasteiger partial charge in [-0.15, -0.1) is 11.3 Å². The SMILES string of the molecule is COc1ccc(C(=O)CC(=O)c2cccs2)c2ccccc12. The van der Waals surface area contributed by atoms with Crippen LogP contribution >= 0.6 is 11.3 Å². The first kappa shape index (κ1) is 14.5. The fourth-order valence-corrected chi connectivity index (χ4v) is 3.12. The van der Waals surface area contributed by atoms with E-state index in [1.54, 1.807) is 25.3 Å². The van der Waals surface area contributed by atoms with Crippen molar-refractivity contribution in [2.45, 2.75) is 6.42 Å². The molecule has 22 heavy (non-hydrogen) atoms. The molecule has 0 aliphatic rings. The normalized spacial score (nSPS) is 10.6. The molecule has 0 unspecified atom stereocenters. The molecule has 0 N–H and O–H groups in total. The fraction of sp³-hybridized carbons (Fsp3) is 0.111. The van der Waals surface area contributed by atoms with Crippen molar-refractivity contribution >= 4 is 33.7 Å². The Labute approximate surface area is 132 Å². The zero-order valence-corrected chi connectivity index (χ0v) is 12.9. The molecule has 1 heterocycles. The van der Waals surface area contributed by atoms with Gasteiger partial charge in [-0.1, -0.05) is 30.3 Å². The molecule has 0 bridgehead atoms. The van der Waals surface area contributed by atoms with E-state index >= 15 is 0 Å². The Morgan fingerprint density at radius 2 is 1.73 bits per heavy atom. The number of hydrogen-bond donors (Lipinski definition) is 0. The van der Waals surface area contributed by atoms with Crippen LogP contribution in [0.1, 0.15) is 26.5 Å². The highest BCUT2D eigenvalue weighted by Crippen LogP contribution is 2.29. The van der Waals surface area contributed by atoms with E-state index in [9.17, 15) is 9.59 Å². The number of thiophene rings is 1. The van der Waals surface area contributed by atoms with Gasteiger partial charge in [-0.2, -0.15) is 0 Å². The predicted octanol–water partition coefficient (Wildman–Crippen LogP) is 4.37. The van der Waals surface area contributed by atoms with Gasteiger partial charge in [0.05, 0.1) is 18.4 Å². The Balaban J connectivity index is 1.96. The van der Waals surface area contributed by atoms with E-state index in [2.05, 4.69) is 0 Å². The molecule has 3 aromatic rings. The number of benzene rings is 2. The Bertz CT molecular complexity index is 835. The van der Waals surface area contributed by atoms with Crippen LogP contribution in [0.4, 0.5) is 0 Å². The summed E-state index contributed by atoms with van der Waals surface area (Å²) < 4.78 is 5.33. The number of methoxy groups -OCH3 is 1. The lowest BCUT2D eigenvalue weighted by atomic mass is 9.98. The summed E-state index contributed by atoms with van der Waals surface area (Å²) in [6.45, 7) is 0. The topological polar surface area (TPSA) is 43.4 Å². The van der Waals surface area contributed by atoms with Gasteiger partial charge < -0.3 is 4.74 Å². The first-order valence-corrected chi connectivity index (χ1v) is 7.74. The molecule has 0 saturated heterocycles. The van der Waals surface area contributed by atoms with Crippen LogP contribution in [-0.4, -0.2) is 18.7 Å². The maximum atomic E-state index is 12.5. The molecule has 4 heteroatoms. The predicted molar refractivity (Wildman–Crippen MR) is 88.1 cm³/mol. The highest BCUT2D eigenvalue weighted by atomic mass is 32.1. The summed E-state index contributed by atoms with van der Waals surface area (Å²) in [5, 5.41) is 3.52. The van der Waals surface area contributed by atoms with Crippen molar-refractivity contribution in [3.05, 3.63) is 64.4 Å². The maximum Gasteiger partial charge on any atom is 0.180 e. The van der Waals surface area contributed by atoms with Crippen molar-refractivity contribution in [3.8, 4) is 5.75 Å². The minimum absolute atomic E-state index is 0.114. The molecule has 110 valence electrons. The summed E-state index contributed by atoms with van der Waals surface area (Å²) in [4.78, 5) is 25.2. The number of ketones is 2. The van der Waals surface area contributed by atoms with E-state index in [1.807, 2.05) is 35.7 Å². The average molecular weight is 310 g/mol. The quantitative estimate of drug-likeness (QED) is 0.519. The molecular weight excluding hydrogens is 296 g/mol. The van der Waals surface area contributed by atoms with Crippen molar-refractivity contribution in [1.29, 1.82) is 0 Å². The highest BCUT2D eigenvalue weighted by molar-refractivity contribution is 7.12. The largest absolute Gasteiger partial charge is 0.496 e. The Kier molecular flexibility index (Phi) is 4.02. The van der Waals surface area contributed by atoms with Crippen molar-refractivity contribution in [3.63, 3.8) is 0 Å². The van der Waals surface area contributed by atoms with Crippen LogP contribution in [0, 0.1) is 0 Å². The Morgan fingerprint density at radius 3 is 2.41 bits per heavy atom. The maximum absolute atomic E-state index is 12.5. The van der Waals surface area contributed by atoms with E-state index < -0.39 is 0 Å². The average Bonchev–Trinajstić information content (AvgIpc) is 3.08. The van der Waals surface area contributed by atoms with Crippen molar-refractivity contribution < 1.29 is 14.3 Å². The second-order valence-electron chi connectivity index (χ2n) is 4.86. The van der Waals surface area contributed by atoms with E-state index in [0.717, 1.165) is 16.5 Å². The highest BCUT2D eigenvalue weighted by Gasteiger charge is 2.17. The van der Waals surface area contributed by atoms with Gasteiger partial charge in [0.1, 0.15) is 5.75 Å². The molecule has 0 aliphatic carbocycles. The van der Waals surface area contributed by atoms with Crippen LogP contribution in [-0.2, 0) is 0 Å². The molecule has 0 aliphatic heterocycles. The molecule has 0 atom stereocenters. The molecule has 2 aromatic carbocycles. The second kappa shape index (κ2) is 6.12. The lowest BCUT2D eigenvalue weighted by Crippen LogP contribution is -2.08. The van der Waals surface area contributed by atoms with Crippen LogP contribution in [0.2, 0.25) is 0 Å². The molecule has 0 saturated carbocycles. The van der Waals surface area contributed by atoms with Crippen LogP contribution in [0.15, 0.2) is 53.9 Å². The zero-order valence-electron chi connectivity index (χ0n) is 12.0.